The van der Waals surface area contributed by atoms with Crippen LogP contribution in [0.15, 0.2) is 61.1 Å². The van der Waals surface area contributed by atoms with E-state index in [1.807, 2.05) is 24.3 Å². The van der Waals surface area contributed by atoms with Crippen molar-refractivity contribution in [2.45, 2.75) is 13.0 Å². The summed E-state index contributed by atoms with van der Waals surface area (Å²) < 4.78 is 6.41. The molecule has 0 radical (unpaired) electrons. The van der Waals surface area contributed by atoms with Gasteiger partial charge in [0, 0.05) is 11.9 Å². The number of carbonyl (C=O) groups excluding carboxylic acids is 1. The monoisotopic (exact) mass is 499 g/mol. The van der Waals surface area contributed by atoms with Gasteiger partial charge in [0.2, 0.25) is 11.1 Å². The predicted molar refractivity (Wildman–Crippen MR) is 118 cm³/mol. The number of aliphatic imine (C=N–C) groups is 1. The number of hydrogen-bond donors (Lipinski definition) is 4. The first-order valence-electron chi connectivity index (χ1n) is 9.03. The third-order valence-electron chi connectivity index (χ3n) is 4.47. The molecule has 1 unspecified atom stereocenters. The Bertz CT molecular complexity index is 1290. The fourth-order valence-corrected chi connectivity index (χ4v) is 3.98. The molecular formula is C18H14BrN9O2S. The second-order valence-corrected chi connectivity index (χ2v) is 8.16. The van der Waals surface area contributed by atoms with Crippen LogP contribution in [0, 0.1) is 0 Å². The van der Waals surface area contributed by atoms with E-state index in [0.717, 1.165) is 5.52 Å². The molecule has 0 aliphatic carbocycles. The fraction of sp³-hybridized carbons (Fsp3) is 0.111. The van der Waals surface area contributed by atoms with Gasteiger partial charge in [0.05, 0.1) is 10.0 Å². The molecule has 1 amide bonds. The minimum atomic E-state index is -0.693. The lowest BCUT2D eigenvalue weighted by Crippen LogP contribution is -2.37. The van der Waals surface area contributed by atoms with E-state index in [1.54, 1.807) is 13.1 Å². The standard InChI is InChI=1S/C18H14BrN9O2S/c1-8-12(15(29)25-18-28-21-7-31-18)14(13-9(19)6-20-27-13)24-16(22-8)26-17-23-10-4-2-3-5-11(10)30-17/h2-7,14H,1H3,(H,20,27)(H,25,28,29)(H2,22,23,24,26). The molecule has 156 valence electrons. The number of benzene rings is 1. The van der Waals surface area contributed by atoms with Crippen LogP contribution < -0.4 is 16.0 Å². The second kappa shape index (κ2) is 7.92. The first-order valence-corrected chi connectivity index (χ1v) is 10.7. The highest BCUT2D eigenvalue weighted by molar-refractivity contribution is 9.10. The van der Waals surface area contributed by atoms with Gasteiger partial charge >= 0.3 is 6.01 Å². The van der Waals surface area contributed by atoms with Crippen molar-refractivity contribution in [1.82, 2.24) is 30.7 Å². The van der Waals surface area contributed by atoms with Crippen molar-refractivity contribution in [3.8, 4) is 0 Å². The SMILES string of the molecule is CC1=C(C(=O)Nc2nncs2)C(c2n[nH]cc2Br)N=C(Nc2nc3ccccc3o2)N1. The lowest BCUT2D eigenvalue weighted by atomic mass is 10.0. The number of oxazole rings is 1. The topological polar surface area (TPSA) is 146 Å². The zero-order valence-electron chi connectivity index (χ0n) is 15.9. The number of fused-ring (bicyclic) bond motifs is 1. The van der Waals surface area contributed by atoms with Crippen molar-refractivity contribution in [3.63, 3.8) is 0 Å². The maximum absolute atomic E-state index is 13.0. The molecule has 0 saturated heterocycles. The number of nitrogens with zero attached hydrogens (tertiary/aromatic N) is 5. The number of halogens is 1. The van der Waals surface area contributed by atoms with Crippen LogP contribution in [0.2, 0.25) is 0 Å². The molecule has 0 spiro atoms. The summed E-state index contributed by atoms with van der Waals surface area (Å²) in [6.07, 6.45) is 1.68. The maximum Gasteiger partial charge on any atom is 0.302 e. The Hall–Kier alpha value is -3.58. The zero-order valence-corrected chi connectivity index (χ0v) is 18.3. The van der Waals surface area contributed by atoms with Gasteiger partial charge in [0.15, 0.2) is 5.58 Å². The Morgan fingerprint density at radius 2 is 2.19 bits per heavy atom. The van der Waals surface area contributed by atoms with Crippen LogP contribution in [0.25, 0.3) is 11.1 Å². The Morgan fingerprint density at radius 3 is 2.94 bits per heavy atom. The van der Waals surface area contributed by atoms with Crippen molar-refractivity contribution in [2.24, 2.45) is 4.99 Å². The van der Waals surface area contributed by atoms with E-state index in [-0.39, 0.29) is 11.9 Å². The number of amides is 1. The lowest BCUT2D eigenvalue weighted by molar-refractivity contribution is -0.113. The van der Waals surface area contributed by atoms with Crippen LogP contribution in [0.5, 0.6) is 0 Å². The average Bonchev–Trinajstić information content (AvgIpc) is 3.48. The zero-order chi connectivity index (χ0) is 21.4. The van der Waals surface area contributed by atoms with Crippen molar-refractivity contribution < 1.29 is 9.21 Å². The summed E-state index contributed by atoms with van der Waals surface area (Å²) in [4.78, 5) is 22.1. The minimum absolute atomic E-state index is 0.279. The van der Waals surface area contributed by atoms with Gasteiger partial charge < -0.3 is 9.73 Å². The molecule has 0 saturated carbocycles. The largest absolute Gasteiger partial charge is 0.423 e. The number of aromatic amines is 1. The highest BCUT2D eigenvalue weighted by Gasteiger charge is 2.33. The molecule has 5 rings (SSSR count). The Kier molecular flexibility index (Phi) is 4.95. The number of rotatable bonds is 4. The third-order valence-corrected chi connectivity index (χ3v) is 5.71. The van der Waals surface area contributed by atoms with Gasteiger partial charge in [-0.05, 0) is 35.0 Å². The van der Waals surface area contributed by atoms with E-state index in [4.69, 9.17) is 4.42 Å². The van der Waals surface area contributed by atoms with Gasteiger partial charge in [-0.25, -0.2) is 4.99 Å². The van der Waals surface area contributed by atoms with Crippen molar-refractivity contribution in [2.75, 3.05) is 10.6 Å². The molecule has 4 N–H and O–H groups in total. The summed E-state index contributed by atoms with van der Waals surface area (Å²) in [6.45, 7) is 1.78. The number of carbonyl (C=O) groups is 1. The van der Waals surface area contributed by atoms with Gasteiger partial charge in [-0.3, -0.25) is 20.5 Å². The highest BCUT2D eigenvalue weighted by Crippen LogP contribution is 2.34. The van der Waals surface area contributed by atoms with Crippen molar-refractivity contribution in [1.29, 1.82) is 0 Å². The smallest absolute Gasteiger partial charge is 0.302 e. The summed E-state index contributed by atoms with van der Waals surface area (Å²) in [5.74, 6) is 0.0164. The quantitative estimate of drug-likeness (QED) is 0.334. The molecular weight excluding hydrogens is 486 g/mol. The Labute approximate surface area is 187 Å². The number of nitrogens with one attached hydrogen (secondary N) is 4. The summed E-state index contributed by atoms with van der Waals surface area (Å²) >= 11 is 4.69. The number of anilines is 2. The molecule has 4 aromatic rings. The van der Waals surface area contributed by atoms with Crippen molar-refractivity contribution >= 4 is 61.4 Å². The number of guanidine groups is 1. The molecule has 0 bridgehead atoms. The molecule has 1 aliphatic heterocycles. The van der Waals surface area contributed by atoms with Gasteiger partial charge in [-0.2, -0.15) is 10.1 Å². The summed E-state index contributed by atoms with van der Waals surface area (Å²) in [6, 6.07) is 7.02. The fourth-order valence-electron chi connectivity index (χ4n) is 3.13. The Morgan fingerprint density at radius 1 is 1.32 bits per heavy atom. The van der Waals surface area contributed by atoms with E-state index in [2.05, 4.69) is 62.3 Å². The summed E-state index contributed by atoms with van der Waals surface area (Å²) in [5.41, 5.74) is 4.45. The van der Waals surface area contributed by atoms with E-state index >= 15 is 0 Å². The normalized spacial score (nSPS) is 16.2. The molecule has 0 fully saturated rings. The summed E-state index contributed by atoms with van der Waals surface area (Å²) in [7, 11) is 0. The van der Waals surface area contributed by atoms with Gasteiger partial charge in [-0.15, -0.1) is 10.2 Å². The van der Waals surface area contributed by atoms with Gasteiger partial charge in [0.25, 0.3) is 5.91 Å². The number of allylic oxidation sites excluding steroid dienone is 1. The van der Waals surface area contributed by atoms with Crippen LogP contribution in [-0.2, 0) is 4.79 Å². The molecule has 31 heavy (non-hydrogen) atoms. The van der Waals surface area contributed by atoms with Crippen LogP contribution in [0.3, 0.4) is 0 Å². The van der Waals surface area contributed by atoms with Crippen LogP contribution in [0.1, 0.15) is 18.7 Å². The number of aromatic nitrogens is 5. The Balaban J connectivity index is 1.48. The van der Waals surface area contributed by atoms with E-state index in [0.29, 0.717) is 38.1 Å². The predicted octanol–water partition coefficient (Wildman–Crippen LogP) is 3.19. The maximum atomic E-state index is 13.0. The molecule has 4 heterocycles. The van der Waals surface area contributed by atoms with E-state index in [9.17, 15) is 4.79 Å². The number of H-pyrrole nitrogens is 1. The second-order valence-electron chi connectivity index (χ2n) is 6.47. The van der Waals surface area contributed by atoms with Crippen molar-refractivity contribution in [3.05, 3.63) is 57.4 Å². The molecule has 13 heteroatoms. The first-order chi connectivity index (χ1) is 15.1. The molecule has 1 atom stereocenters. The number of hydrogen-bond acceptors (Lipinski definition) is 10. The minimum Gasteiger partial charge on any atom is -0.423 e. The van der Waals surface area contributed by atoms with Crippen LogP contribution >= 0.6 is 27.3 Å². The average molecular weight is 500 g/mol. The van der Waals surface area contributed by atoms with Crippen LogP contribution in [0.4, 0.5) is 11.1 Å². The molecule has 11 nitrogen and oxygen atoms in total. The first kappa shape index (κ1) is 19.4. The van der Waals surface area contributed by atoms with E-state index < -0.39 is 6.04 Å². The van der Waals surface area contributed by atoms with Gasteiger partial charge in [-0.1, -0.05) is 23.5 Å². The molecule has 1 aromatic carbocycles. The lowest BCUT2D eigenvalue weighted by Gasteiger charge is -2.25. The highest BCUT2D eigenvalue weighted by atomic mass is 79.9. The van der Waals surface area contributed by atoms with Crippen LogP contribution in [-0.4, -0.2) is 37.2 Å². The van der Waals surface area contributed by atoms with Gasteiger partial charge in [0.1, 0.15) is 22.8 Å². The third kappa shape index (κ3) is 3.80. The number of para-hydroxylation sites is 2. The molecule has 3 aromatic heterocycles. The summed E-state index contributed by atoms with van der Waals surface area (Å²) in [5, 5.41) is 23.9. The molecule has 1 aliphatic rings. The van der Waals surface area contributed by atoms with E-state index in [1.165, 1.54) is 16.8 Å².